The van der Waals surface area contributed by atoms with Gasteiger partial charge in [-0.2, -0.15) is 0 Å². The summed E-state index contributed by atoms with van der Waals surface area (Å²) in [4.78, 5) is 53.0. The fourth-order valence-corrected chi connectivity index (χ4v) is 10.2. The number of β-amino-alcohol motifs (C(OH)–C–C–N with tert-alkyl or cyclic N) is 1. The van der Waals surface area contributed by atoms with E-state index in [0.29, 0.717) is 55.1 Å². The minimum Gasteiger partial charge on any atom is -0.481 e. The van der Waals surface area contributed by atoms with Crippen LogP contribution < -0.4 is 10.6 Å². The molecule has 0 radical (unpaired) electrons. The minimum atomic E-state index is -0.845. The monoisotopic (exact) mass is 818 g/mol. The number of nitrogens with zero attached hydrogens (tertiary/aromatic N) is 6. The standard InChI is InChI=1S/C41H48Cl2N8O6/c1-48-31-9-16-50(18-15-40-11-13-41(23-40,14-12-40)39(56)57)20-29(31)44-35(48)37(54)46-27-7-3-5-25(33(27)42)26-6-4-8-28(34(26)43)47-38(55)36-45-30-21-51(19-24(53)22-52)17-10-32(30)49(36)2/h3-8,24,52-53H,9-23H2,1-2H3,(H,46,54)(H,47,55)(H,56,57). The highest BCUT2D eigenvalue weighted by Crippen LogP contribution is 2.63. The smallest absolute Gasteiger partial charge is 0.309 e. The van der Waals surface area contributed by atoms with Gasteiger partial charge in [-0.25, -0.2) is 9.97 Å². The summed E-state index contributed by atoms with van der Waals surface area (Å²) in [6.45, 7) is 3.48. The topological polar surface area (TPSA) is 178 Å². The number of rotatable bonds is 12. The van der Waals surface area contributed by atoms with Crippen LogP contribution in [0.15, 0.2) is 36.4 Å². The Morgan fingerprint density at radius 2 is 1.32 bits per heavy atom. The Balaban J connectivity index is 0.934. The zero-order valence-corrected chi connectivity index (χ0v) is 33.7. The molecule has 1 unspecified atom stereocenters. The van der Waals surface area contributed by atoms with Gasteiger partial charge in [0.05, 0.1) is 50.9 Å². The maximum atomic E-state index is 13.7. The van der Waals surface area contributed by atoms with E-state index in [1.54, 1.807) is 48.0 Å². The van der Waals surface area contributed by atoms with E-state index in [1.165, 1.54) is 0 Å². The molecule has 1 atom stereocenters. The highest BCUT2D eigenvalue weighted by Gasteiger charge is 2.57. The van der Waals surface area contributed by atoms with Crippen LogP contribution >= 0.6 is 23.2 Å². The Morgan fingerprint density at radius 1 is 0.807 bits per heavy atom. The number of aromatic nitrogens is 4. The Hall–Kier alpha value is -4.31. The first-order valence-electron chi connectivity index (χ1n) is 19.6. The van der Waals surface area contributed by atoms with E-state index in [9.17, 15) is 29.7 Å². The fraction of sp³-hybridized carbons (Fsp3) is 0.488. The summed E-state index contributed by atoms with van der Waals surface area (Å²) in [6.07, 6.45) is 5.87. The van der Waals surface area contributed by atoms with Gasteiger partial charge >= 0.3 is 5.97 Å². The van der Waals surface area contributed by atoms with Gasteiger partial charge in [-0.05, 0) is 62.6 Å². The summed E-state index contributed by atoms with van der Waals surface area (Å²) < 4.78 is 3.63. The number of carboxylic acids is 1. The SMILES string of the molecule is Cn1c(C(=O)Nc2cccc(-c3cccc(NC(=O)c4nc5c(n4C)CCN(CC(O)CO)C5)c3Cl)c2Cl)nc2c1CCN(CCC13CCC(C(=O)O)(CC1)C3)C2. The lowest BCUT2D eigenvalue weighted by atomic mass is 9.80. The molecule has 2 fully saturated rings. The number of amides is 2. The van der Waals surface area contributed by atoms with E-state index in [0.717, 1.165) is 80.8 Å². The third kappa shape index (κ3) is 7.36. The van der Waals surface area contributed by atoms with Gasteiger partial charge in [-0.15, -0.1) is 0 Å². The third-order valence-electron chi connectivity index (χ3n) is 12.9. The average Bonchev–Trinajstić information content (AvgIpc) is 3.96. The van der Waals surface area contributed by atoms with Crippen LogP contribution in [0.25, 0.3) is 11.1 Å². The molecule has 2 saturated carbocycles. The quantitative estimate of drug-likeness (QED) is 0.129. The summed E-state index contributed by atoms with van der Waals surface area (Å²) in [6, 6.07) is 10.5. The highest BCUT2D eigenvalue weighted by atomic mass is 35.5. The van der Waals surface area contributed by atoms with Crippen molar-refractivity contribution in [2.75, 3.05) is 43.4 Å². The lowest BCUT2D eigenvalue weighted by Crippen LogP contribution is -2.38. The number of carboxylic acid groups (broad SMARTS) is 1. The number of benzene rings is 2. The molecule has 14 nitrogen and oxygen atoms in total. The molecule has 4 aromatic rings. The van der Waals surface area contributed by atoms with Crippen molar-refractivity contribution in [3.8, 4) is 11.1 Å². The number of fused-ring (bicyclic) bond motifs is 4. The molecule has 2 aromatic carbocycles. The number of halogens is 2. The van der Waals surface area contributed by atoms with Gasteiger partial charge in [-0.3, -0.25) is 24.2 Å². The van der Waals surface area contributed by atoms with Crippen LogP contribution in [0, 0.1) is 10.8 Å². The van der Waals surface area contributed by atoms with Gasteiger partial charge in [0.25, 0.3) is 11.8 Å². The largest absolute Gasteiger partial charge is 0.481 e. The van der Waals surface area contributed by atoms with Gasteiger partial charge in [0.2, 0.25) is 0 Å². The molecule has 2 aromatic heterocycles. The van der Waals surface area contributed by atoms with Gasteiger partial charge in [0.1, 0.15) is 0 Å². The molecule has 4 heterocycles. The van der Waals surface area contributed by atoms with E-state index in [2.05, 4.69) is 20.5 Å². The highest BCUT2D eigenvalue weighted by molar-refractivity contribution is 6.40. The van der Waals surface area contributed by atoms with Crippen molar-refractivity contribution in [2.45, 2.75) is 70.6 Å². The molecular formula is C41H48Cl2N8O6. The third-order valence-corrected chi connectivity index (χ3v) is 13.7. The predicted octanol–water partition coefficient (Wildman–Crippen LogP) is 5.13. The van der Waals surface area contributed by atoms with Crippen LogP contribution in [0.1, 0.15) is 82.5 Å². The van der Waals surface area contributed by atoms with Gasteiger partial charge in [-0.1, -0.05) is 47.5 Å². The molecule has 2 amide bonds. The summed E-state index contributed by atoms with van der Waals surface area (Å²) in [7, 11) is 3.65. The number of aliphatic hydroxyl groups is 2. The molecule has 57 heavy (non-hydrogen) atoms. The zero-order valence-electron chi connectivity index (χ0n) is 32.2. The van der Waals surface area contributed by atoms with E-state index >= 15 is 0 Å². The van der Waals surface area contributed by atoms with Crippen LogP contribution in [0.2, 0.25) is 10.0 Å². The van der Waals surface area contributed by atoms with Crippen molar-refractivity contribution in [1.29, 1.82) is 0 Å². The second kappa shape index (κ2) is 15.5. The summed E-state index contributed by atoms with van der Waals surface area (Å²) in [5, 5.41) is 35.4. The maximum absolute atomic E-state index is 13.7. The lowest BCUT2D eigenvalue weighted by molar-refractivity contribution is -0.148. The van der Waals surface area contributed by atoms with Crippen LogP contribution in [-0.4, -0.2) is 101 Å². The van der Waals surface area contributed by atoms with Crippen molar-refractivity contribution in [3.05, 3.63) is 80.9 Å². The molecule has 4 aliphatic rings. The zero-order chi connectivity index (χ0) is 40.2. The molecule has 2 aliphatic carbocycles. The molecule has 0 saturated heterocycles. The van der Waals surface area contributed by atoms with E-state index in [-0.39, 0.29) is 33.7 Å². The number of imidazole rings is 2. The summed E-state index contributed by atoms with van der Waals surface area (Å²) in [5.41, 5.74) is 5.06. The van der Waals surface area contributed by atoms with Crippen LogP contribution in [-0.2, 0) is 44.8 Å². The Morgan fingerprint density at radius 3 is 1.81 bits per heavy atom. The number of anilines is 2. The Labute approximate surface area is 340 Å². The number of nitrogens with one attached hydrogen (secondary N) is 2. The molecule has 2 aliphatic heterocycles. The van der Waals surface area contributed by atoms with Crippen molar-refractivity contribution in [3.63, 3.8) is 0 Å². The Kier molecular flexibility index (Phi) is 10.7. The Bertz CT molecular complexity index is 2250. The molecule has 5 N–H and O–H groups in total. The lowest BCUT2D eigenvalue weighted by Gasteiger charge is -2.32. The average molecular weight is 820 g/mol. The number of aliphatic hydroxyl groups excluding tert-OH is 2. The van der Waals surface area contributed by atoms with Crippen molar-refractivity contribution in [1.82, 2.24) is 28.9 Å². The van der Waals surface area contributed by atoms with E-state index < -0.39 is 29.3 Å². The van der Waals surface area contributed by atoms with Crippen molar-refractivity contribution >= 4 is 52.4 Å². The van der Waals surface area contributed by atoms with Crippen molar-refractivity contribution < 1.29 is 29.7 Å². The van der Waals surface area contributed by atoms with E-state index in [4.69, 9.17) is 28.2 Å². The number of carbonyl (C=O) groups excluding carboxylic acids is 2. The number of hydrogen-bond donors (Lipinski definition) is 5. The molecular weight excluding hydrogens is 771 g/mol. The number of carbonyl (C=O) groups is 3. The maximum Gasteiger partial charge on any atom is 0.309 e. The summed E-state index contributed by atoms with van der Waals surface area (Å²) >= 11 is 13.9. The van der Waals surface area contributed by atoms with Crippen LogP contribution in [0.5, 0.6) is 0 Å². The number of hydrogen-bond acceptors (Lipinski definition) is 9. The van der Waals surface area contributed by atoms with Crippen molar-refractivity contribution in [2.24, 2.45) is 24.9 Å². The molecule has 302 valence electrons. The second-order valence-electron chi connectivity index (χ2n) is 16.4. The molecule has 2 bridgehead atoms. The fourth-order valence-electron chi connectivity index (χ4n) is 9.66. The van der Waals surface area contributed by atoms with Gasteiger partial charge < -0.3 is 35.1 Å². The first-order chi connectivity index (χ1) is 27.3. The minimum absolute atomic E-state index is 0.124. The molecule has 16 heteroatoms. The predicted molar refractivity (Wildman–Crippen MR) is 215 cm³/mol. The first kappa shape index (κ1) is 39.5. The molecule has 8 rings (SSSR count). The normalized spacial score (nSPS) is 22.3. The summed E-state index contributed by atoms with van der Waals surface area (Å²) in [5.74, 6) is -0.952. The number of aliphatic carboxylic acids is 1. The second-order valence-corrected chi connectivity index (χ2v) is 17.1. The first-order valence-corrected chi connectivity index (χ1v) is 20.3. The van der Waals surface area contributed by atoms with Crippen LogP contribution in [0.4, 0.5) is 11.4 Å². The molecule has 0 spiro atoms. The van der Waals surface area contributed by atoms with Gasteiger partial charge in [0, 0.05) is 82.2 Å². The van der Waals surface area contributed by atoms with Crippen LogP contribution in [0.3, 0.4) is 0 Å². The van der Waals surface area contributed by atoms with E-state index in [1.807, 2.05) is 16.5 Å². The van der Waals surface area contributed by atoms with Gasteiger partial charge in [0.15, 0.2) is 11.6 Å².